The van der Waals surface area contributed by atoms with Gasteiger partial charge in [-0.1, -0.05) is 36.6 Å². The number of benzene rings is 2. The lowest BCUT2D eigenvalue weighted by Gasteiger charge is -2.23. The van der Waals surface area contributed by atoms with E-state index in [1.54, 1.807) is 12.1 Å². The lowest BCUT2D eigenvalue weighted by Crippen LogP contribution is -2.38. The van der Waals surface area contributed by atoms with Gasteiger partial charge in [0.05, 0.1) is 9.79 Å². The van der Waals surface area contributed by atoms with Crippen LogP contribution in [-0.2, 0) is 24.8 Å². The minimum atomic E-state index is -3.80. The van der Waals surface area contributed by atoms with E-state index in [9.17, 15) is 22.0 Å². The molecule has 0 radical (unpaired) electrons. The number of fused-ring (bicyclic) bond motifs is 3. The zero-order chi connectivity index (χ0) is 24.6. The Morgan fingerprint density at radius 2 is 1.20 bits per heavy atom. The van der Waals surface area contributed by atoms with Crippen LogP contribution in [0.15, 0.2) is 51.3 Å². The summed E-state index contributed by atoms with van der Waals surface area (Å²) in [4.78, 5) is 0.147. The summed E-state index contributed by atoms with van der Waals surface area (Å²) in [6.45, 7) is 1.02. The fourth-order valence-electron chi connectivity index (χ4n) is 5.11. The van der Waals surface area contributed by atoms with Gasteiger partial charge in [0.15, 0.2) is 0 Å². The third-order valence-electron chi connectivity index (χ3n) is 6.97. The van der Waals surface area contributed by atoms with E-state index in [0.29, 0.717) is 48.3 Å². The summed E-state index contributed by atoms with van der Waals surface area (Å²) in [6, 6.07) is 9.07. The van der Waals surface area contributed by atoms with Crippen LogP contribution < -0.4 is 9.44 Å². The Hall–Kier alpha value is -2.31. The van der Waals surface area contributed by atoms with Gasteiger partial charge in [0.25, 0.3) is 0 Å². The molecule has 3 N–H and O–H groups in total. The third-order valence-corrected chi connectivity index (χ3v) is 10.0. The van der Waals surface area contributed by atoms with E-state index in [2.05, 4.69) is 14.6 Å². The average molecular weight is 520 g/mol. The molecular weight excluding hydrogens is 490 g/mol. The largest absolute Gasteiger partial charge is 0.410 e. The molecular formula is C24H29N3O6S2. The standard InChI is InChI=1S/C24H29N3O6S2/c28-25-24-22-14-18(34(29,30)26-16-4-2-1-3-5-16)6-8-20(22)21-9-7-19(15-23(21)24)35(31,32)27-17-10-12-33-13-11-17/h6-9,14-17,26-28H,1-5,10-13H2/b25-24+. The summed E-state index contributed by atoms with van der Waals surface area (Å²) in [5.41, 5.74) is 2.40. The van der Waals surface area contributed by atoms with Gasteiger partial charge in [-0.3, -0.25) is 0 Å². The SMILES string of the molecule is O=S(=O)(NC1CCCCC1)c1ccc2c(c1)/C(=N\O)c1cc(S(=O)(=O)NC3CCOCC3)ccc1-2. The van der Waals surface area contributed by atoms with Crippen molar-refractivity contribution < 1.29 is 26.8 Å². The van der Waals surface area contributed by atoms with Crippen molar-refractivity contribution >= 4 is 25.8 Å². The van der Waals surface area contributed by atoms with Crippen molar-refractivity contribution in [3.05, 3.63) is 47.5 Å². The fourth-order valence-corrected chi connectivity index (χ4v) is 7.77. The summed E-state index contributed by atoms with van der Waals surface area (Å²) >= 11 is 0. The molecule has 1 aliphatic heterocycles. The zero-order valence-corrected chi connectivity index (χ0v) is 20.9. The van der Waals surface area contributed by atoms with Crippen LogP contribution in [0.2, 0.25) is 0 Å². The molecule has 0 amide bonds. The molecule has 188 valence electrons. The monoisotopic (exact) mass is 519 g/mol. The quantitative estimate of drug-likeness (QED) is 0.339. The summed E-state index contributed by atoms with van der Waals surface area (Å²) in [6.07, 6.45) is 5.96. The Kier molecular flexibility index (Phi) is 6.71. The minimum Gasteiger partial charge on any atom is -0.410 e. The zero-order valence-electron chi connectivity index (χ0n) is 19.2. The second-order valence-corrected chi connectivity index (χ2v) is 12.8. The molecule has 1 saturated carbocycles. The first-order valence-corrected chi connectivity index (χ1v) is 14.9. The van der Waals surface area contributed by atoms with Crippen LogP contribution in [0.3, 0.4) is 0 Å². The van der Waals surface area contributed by atoms with Gasteiger partial charge in [0, 0.05) is 36.4 Å². The van der Waals surface area contributed by atoms with E-state index in [4.69, 9.17) is 4.74 Å². The molecule has 11 heteroatoms. The van der Waals surface area contributed by atoms with Crippen LogP contribution in [-0.4, -0.2) is 53.1 Å². The highest BCUT2D eigenvalue weighted by Crippen LogP contribution is 2.39. The number of oxime groups is 1. The van der Waals surface area contributed by atoms with E-state index in [1.807, 2.05) is 0 Å². The number of ether oxygens (including phenoxy) is 1. The molecule has 0 atom stereocenters. The number of rotatable bonds is 6. The van der Waals surface area contributed by atoms with Gasteiger partial charge in [0.2, 0.25) is 20.0 Å². The first kappa shape index (κ1) is 24.4. The molecule has 2 aromatic carbocycles. The van der Waals surface area contributed by atoms with Crippen LogP contribution in [0.25, 0.3) is 11.1 Å². The molecule has 5 rings (SSSR count). The van der Waals surface area contributed by atoms with E-state index in [1.165, 1.54) is 24.3 Å². The molecule has 0 aromatic heterocycles. The maximum absolute atomic E-state index is 13.0. The average Bonchev–Trinajstić information content (AvgIpc) is 3.17. The van der Waals surface area contributed by atoms with Gasteiger partial charge in [-0.15, -0.1) is 0 Å². The Balaban J connectivity index is 1.44. The van der Waals surface area contributed by atoms with E-state index < -0.39 is 20.0 Å². The predicted molar refractivity (Wildman–Crippen MR) is 131 cm³/mol. The Morgan fingerprint density at radius 3 is 1.69 bits per heavy atom. The second-order valence-electron chi connectivity index (χ2n) is 9.33. The van der Waals surface area contributed by atoms with E-state index >= 15 is 0 Å². The van der Waals surface area contributed by atoms with Crippen LogP contribution in [0.5, 0.6) is 0 Å². The van der Waals surface area contributed by atoms with Crippen molar-refractivity contribution in [1.82, 2.24) is 9.44 Å². The number of hydrogen-bond donors (Lipinski definition) is 3. The molecule has 2 aromatic rings. The van der Waals surface area contributed by atoms with Crippen molar-refractivity contribution in [2.45, 2.75) is 66.8 Å². The molecule has 2 fully saturated rings. The number of nitrogens with one attached hydrogen (secondary N) is 2. The normalized spacial score (nSPS) is 20.6. The molecule has 35 heavy (non-hydrogen) atoms. The van der Waals surface area contributed by atoms with E-state index in [-0.39, 0.29) is 27.6 Å². The molecule has 0 bridgehead atoms. The van der Waals surface area contributed by atoms with Gasteiger partial charge in [-0.2, -0.15) is 0 Å². The molecule has 9 nitrogen and oxygen atoms in total. The smallest absolute Gasteiger partial charge is 0.240 e. The van der Waals surface area contributed by atoms with Gasteiger partial charge < -0.3 is 9.94 Å². The van der Waals surface area contributed by atoms with Crippen molar-refractivity contribution in [2.75, 3.05) is 13.2 Å². The number of sulfonamides is 2. The third kappa shape index (κ3) is 4.88. The minimum absolute atomic E-state index is 0.0588. The Morgan fingerprint density at radius 1 is 0.714 bits per heavy atom. The first-order chi connectivity index (χ1) is 16.8. The summed E-state index contributed by atoms with van der Waals surface area (Å²) in [5, 5.41) is 13.2. The Bertz CT molecular complexity index is 1260. The topological polar surface area (TPSA) is 134 Å². The van der Waals surface area contributed by atoms with Crippen LogP contribution >= 0.6 is 0 Å². The van der Waals surface area contributed by atoms with Crippen LogP contribution in [0, 0.1) is 0 Å². The molecule has 1 heterocycles. The second kappa shape index (κ2) is 9.62. The first-order valence-electron chi connectivity index (χ1n) is 11.9. The molecule has 0 unspecified atom stereocenters. The molecule has 0 spiro atoms. The fraction of sp³-hybridized carbons (Fsp3) is 0.458. The lowest BCUT2D eigenvalue weighted by molar-refractivity contribution is 0.0832. The molecule has 1 saturated heterocycles. The van der Waals surface area contributed by atoms with Gasteiger partial charge in [-0.25, -0.2) is 26.3 Å². The highest BCUT2D eigenvalue weighted by atomic mass is 32.2. The predicted octanol–water partition coefficient (Wildman–Crippen LogP) is 2.96. The van der Waals surface area contributed by atoms with Crippen molar-refractivity contribution in [3.63, 3.8) is 0 Å². The maximum Gasteiger partial charge on any atom is 0.240 e. The molecule has 3 aliphatic rings. The van der Waals surface area contributed by atoms with Crippen molar-refractivity contribution in [1.29, 1.82) is 0 Å². The van der Waals surface area contributed by atoms with Crippen LogP contribution in [0.4, 0.5) is 0 Å². The van der Waals surface area contributed by atoms with Gasteiger partial charge >= 0.3 is 0 Å². The number of hydrogen-bond acceptors (Lipinski definition) is 7. The van der Waals surface area contributed by atoms with E-state index in [0.717, 1.165) is 32.1 Å². The summed E-state index contributed by atoms with van der Waals surface area (Å²) in [5.74, 6) is 0. The Labute approximate surface area is 205 Å². The van der Waals surface area contributed by atoms with Gasteiger partial charge in [-0.05, 0) is 61.1 Å². The van der Waals surface area contributed by atoms with Crippen LogP contribution in [0.1, 0.15) is 56.1 Å². The molecule has 2 aliphatic carbocycles. The maximum atomic E-state index is 13.0. The summed E-state index contributed by atoms with van der Waals surface area (Å²) in [7, 11) is -7.55. The van der Waals surface area contributed by atoms with Crippen molar-refractivity contribution in [3.8, 4) is 11.1 Å². The highest BCUT2D eigenvalue weighted by Gasteiger charge is 2.31. The lowest BCUT2D eigenvalue weighted by atomic mass is 9.96. The van der Waals surface area contributed by atoms with Crippen molar-refractivity contribution in [2.24, 2.45) is 5.16 Å². The highest BCUT2D eigenvalue weighted by molar-refractivity contribution is 7.89. The number of nitrogens with zero attached hydrogens (tertiary/aromatic N) is 1. The van der Waals surface area contributed by atoms with Gasteiger partial charge in [0.1, 0.15) is 5.71 Å². The summed E-state index contributed by atoms with van der Waals surface area (Å²) < 4.78 is 62.9.